The number of anilines is 1. The highest BCUT2D eigenvalue weighted by atomic mass is 35.5. The first-order chi connectivity index (χ1) is 17.0. The Hall–Kier alpha value is -3.51. The van der Waals surface area contributed by atoms with Crippen molar-refractivity contribution in [3.63, 3.8) is 0 Å². The molecule has 0 spiro atoms. The van der Waals surface area contributed by atoms with Crippen LogP contribution in [0.5, 0.6) is 11.5 Å². The normalized spacial score (nSPS) is 14.7. The Kier molecular flexibility index (Phi) is 8.27. The van der Waals surface area contributed by atoms with Gasteiger partial charge in [0.15, 0.2) is 6.10 Å². The standard InChI is InChI=1S/C28H28ClNO5/c1-33-27(31)11-5-6-20-12-14-23(15-13-20)34-17-16-26-28(32)30(19-21-7-4-8-22(29)18-21)24-9-2-3-10-25(24)35-26/h2-4,7-10,12-15,18,26H,5-6,11,16-17,19H2,1H3. The highest BCUT2D eigenvalue weighted by molar-refractivity contribution is 6.30. The maximum absolute atomic E-state index is 13.3. The Morgan fingerprint density at radius 2 is 1.83 bits per heavy atom. The van der Waals surface area contributed by atoms with Crippen LogP contribution >= 0.6 is 11.6 Å². The van der Waals surface area contributed by atoms with E-state index >= 15 is 0 Å². The van der Waals surface area contributed by atoms with E-state index in [1.54, 1.807) is 4.90 Å². The van der Waals surface area contributed by atoms with Crippen molar-refractivity contribution >= 4 is 29.2 Å². The molecule has 1 unspecified atom stereocenters. The number of hydrogen-bond acceptors (Lipinski definition) is 5. The number of amides is 1. The number of esters is 1. The van der Waals surface area contributed by atoms with Crippen LogP contribution in [0.1, 0.15) is 30.4 Å². The van der Waals surface area contributed by atoms with Crippen molar-refractivity contribution in [3.8, 4) is 11.5 Å². The number of hydrogen-bond donors (Lipinski definition) is 0. The van der Waals surface area contributed by atoms with Crippen LogP contribution in [0.15, 0.2) is 72.8 Å². The van der Waals surface area contributed by atoms with Gasteiger partial charge in [0.05, 0.1) is 25.9 Å². The molecule has 6 nitrogen and oxygen atoms in total. The van der Waals surface area contributed by atoms with E-state index in [2.05, 4.69) is 4.74 Å². The van der Waals surface area contributed by atoms with E-state index in [-0.39, 0.29) is 11.9 Å². The number of halogens is 1. The van der Waals surface area contributed by atoms with Gasteiger partial charge in [-0.3, -0.25) is 9.59 Å². The Bertz CT molecular complexity index is 1160. The van der Waals surface area contributed by atoms with Crippen LogP contribution in [-0.2, 0) is 27.3 Å². The molecule has 0 fully saturated rings. The average Bonchev–Trinajstić information content (AvgIpc) is 2.87. The number of nitrogens with zero attached hydrogens (tertiary/aromatic N) is 1. The minimum Gasteiger partial charge on any atom is -0.493 e. The Labute approximate surface area is 210 Å². The molecule has 0 N–H and O–H groups in total. The van der Waals surface area contributed by atoms with Gasteiger partial charge in [0, 0.05) is 17.9 Å². The number of ether oxygens (including phenoxy) is 3. The summed E-state index contributed by atoms with van der Waals surface area (Å²) in [6.07, 6.45) is 1.71. The maximum atomic E-state index is 13.3. The highest BCUT2D eigenvalue weighted by Gasteiger charge is 2.34. The number of aryl methyl sites for hydroxylation is 1. The molecule has 0 bridgehead atoms. The number of rotatable bonds is 10. The van der Waals surface area contributed by atoms with Crippen molar-refractivity contribution in [1.29, 1.82) is 0 Å². The molecule has 1 heterocycles. The van der Waals surface area contributed by atoms with Gasteiger partial charge >= 0.3 is 5.97 Å². The zero-order valence-corrected chi connectivity index (χ0v) is 20.4. The SMILES string of the molecule is COC(=O)CCCc1ccc(OCCC2Oc3ccccc3N(Cc3cccc(Cl)c3)C2=O)cc1. The Balaban J connectivity index is 1.34. The lowest BCUT2D eigenvalue weighted by molar-refractivity contribution is -0.140. The summed E-state index contributed by atoms with van der Waals surface area (Å²) in [6.45, 7) is 0.750. The lowest BCUT2D eigenvalue weighted by Gasteiger charge is -2.34. The zero-order chi connectivity index (χ0) is 24.6. The summed E-state index contributed by atoms with van der Waals surface area (Å²) in [6, 6.07) is 22.8. The minimum absolute atomic E-state index is 0.103. The van der Waals surface area contributed by atoms with Gasteiger partial charge in [-0.25, -0.2) is 0 Å². The number of benzene rings is 3. The number of fused-ring (bicyclic) bond motifs is 1. The molecule has 0 radical (unpaired) electrons. The third kappa shape index (κ3) is 6.55. The molecule has 1 atom stereocenters. The molecule has 4 rings (SSSR count). The summed E-state index contributed by atoms with van der Waals surface area (Å²) in [5.41, 5.74) is 2.82. The molecule has 0 aromatic heterocycles. The van der Waals surface area contributed by atoms with Gasteiger partial charge in [-0.05, 0) is 60.4 Å². The lowest BCUT2D eigenvalue weighted by Crippen LogP contribution is -2.46. The van der Waals surface area contributed by atoms with Gasteiger partial charge in [-0.2, -0.15) is 0 Å². The van der Waals surface area contributed by atoms with E-state index in [4.69, 9.17) is 21.1 Å². The first-order valence-electron chi connectivity index (χ1n) is 11.6. The van der Waals surface area contributed by atoms with E-state index in [9.17, 15) is 9.59 Å². The fourth-order valence-corrected chi connectivity index (χ4v) is 4.23. The molecule has 1 aliphatic rings. The Morgan fingerprint density at radius 3 is 2.60 bits per heavy atom. The van der Waals surface area contributed by atoms with E-state index in [1.807, 2.05) is 72.8 Å². The van der Waals surface area contributed by atoms with Gasteiger partial charge in [0.1, 0.15) is 11.5 Å². The third-order valence-electron chi connectivity index (χ3n) is 5.84. The largest absolute Gasteiger partial charge is 0.493 e. The first-order valence-corrected chi connectivity index (χ1v) is 12.0. The van der Waals surface area contributed by atoms with Gasteiger partial charge in [-0.1, -0.05) is 48.0 Å². The van der Waals surface area contributed by atoms with Crippen LogP contribution in [0.3, 0.4) is 0 Å². The molecular formula is C28H28ClNO5. The van der Waals surface area contributed by atoms with Gasteiger partial charge < -0.3 is 19.1 Å². The summed E-state index contributed by atoms with van der Waals surface area (Å²) in [5.74, 6) is 1.10. The molecule has 0 aliphatic carbocycles. The number of para-hydroxylation sites is 2. The summed E-state index contributed by atoms with van der Waals surface area (Å²) in [7, 11) is 1.40. The topological polar surface area (TPSA) is 65.1 Å². The van der Waals surface area contributed by atoms with Crippen LogP contribution in [0.4, 0.5) is 5.69 Å². The average molecular weight is 494 g/mol. The Morgan fingerprint density at radius 1 is 1.03 bits per heavy atom. The van der Waals surface area contributed by atoms with Crippen LogP contribution < -0.4 is 14.4 Å². The molecule has 0 saturated carbocycles. The highest BCUT2D eigenvalue weighted by Crippen LogP contribution is 2.35. The quantitative estimate of drug-likeness (QED) is 0.344. The number of carbonyl (C=O) groups is 2. The van der Waals surface area contributed by atoms with Crippen molar-refractivity contribution < 1.29 is 23.8 Å². The van der Waals surface area contributed by atoms with Crippen molar-refractivity contribution in [2.75, 3.05) is 18.6 Å². The van der Waals surface area contributed by atoms with Crippen LogP contribution in [0.25, 0.3) is 0 Å². The summed E-state index contributed by atoms with van der Waals surface area (Å²) >= 11 is 6.14. The van der Waals surface area contributed by atoms with Gasteiger partial charge in [-0.15, -0.1) is 0 Å². The lowest BCUT2D eigenvalue weighted by atomic mass is 10.1. The fraction of sp³-hybridized carbons (Fsp3) is 0.286. The van der Waals surface area contributed by atoms with Crippen molar-refractivity contribution in [1.82, 2.24) is 0 Å². The molecule has 7 heteroatoms. The second-order valence-electron chi connectivity index (χ2n) is 8.34. The molecule has 3 aromatic rings. The van der Waals surface area contributed by atoms with Crippen molar-refractivity contribution in [2.24, 2.45) is 0 Å². The van der Waals surface area contributed by atoms with Gasteiger partial charge in [0.25, 0.3) is 5.91 Å². The van der Waals surface area contributed by atoms with E-state index in [0.29, 0.717) is 36.8 Å². The van der Waals surface area contributed by atoms with Crippen LogP contribution in [-0.4, -0.2) is 31.7 Å². The third-order valence-corrected chi connectivity index (χ3v) is 6.08. The van der Waals surface area contributed by atoms with Crippen molar-refractivity contribution in [3.05, 3.63) is 88.9 Å². The molecule has 35 heavy (non-hydrogen) atoms. The molecule has 1 amide bonds. The summed E-state index contributed by atoms with van der Waals surface area (Å²) < 4.78 is 16.6. The second kappa shape index (κ2) is 11.8. The molecule has 3 aromatic carbocycles. The molecule has 1 aliphatic heterocycles. The predicted molar refractivity (Wildman–Crippen MR) is 135 cm³/mol. The fourth-order valence-electron chi connectivity index (χ4n) is 4.01. The number of carbonyl (C=O) groups excluding carboxylic acids is 2. The smallest absolute Gasteiger partial charge is 0.305 e. The van der Waals surface area contributed by atoms with E-state index in [1.165, 1.54) is 7.11 Å². The summed E-state index contributed by atoms with van der Waals surface area (Å²) in [5, 5.41) is 0.635. The first kappa shape index (κ1) is 24.6. The molecular weight excluding hydrogens is 466 g/mol. The predicted octanol–water partition coefficient (Wildman–Crippen LogP) is 5.60. The van der Waals surface area contributed by atoms with Crippen LogP contribution in [0.2, 0.25) is 5.02 Å². The number of methoxy groups -OCH3 is 1. The van der Waals surface area contributed by atoms with Gasteiger partial charge in [0.2, 0.25) is 0 Å². The van der Waals surface area contributed by atoms with Crippen molar-refractivity contribution in [2.45, 2.75) is 38.3 Å². The minimum atomic E-state index is -0.637. The summed E-state index contributed by atoms with van der Waals surface area (Å²) in [4.78, 5) is 26.3. The van der Waals surface area contributed by atoms with Crippen LogP contribution in [0, 0.1) is 0 Å². The molecule has 0 saturated heterocycles. The zero-order valence-electron chi connectivity index (χ0n) is 19.6. The second-order valence-corrected chi connectivity index (χ2v) is 8.78. The molecule has 182 valence electrons. The van der Waals surface area contributed by atoms with E-state index < -0.39 is 6.10 Å². The monoisotopic (exact) mass is 493 g/mol. The van der Waals surface area contributed by atoms with E-state index in [0.717, 1.165) is 35.4 Å². The maximum Gasteiger partial charge on any atom is 0.305 e.